The van der Waals surface area contributed by atoms with E-state index in [1.54, 1.807) is 24.3 Å². The number of aromatic nitrogens is 1. The Hall–Kier alpha value is -2.74. The number of rotatable bonds is 4. The van der Waals surface area contributed by atoms with Crippen LogP contribution in [0.2, 0.25) is 0 Å². The van der Waals surface area contributed by atoms with Crippen molar-refractivity contribution in [1.29, 1.82) is 0 Å². The van der Waals surface area contributed by atoms with Crippen LogP contribution in [0.15, 0.2) is 24.3 Å². The summed E-state index contributed by atoms with van der Waals surface area (Å²) in [6.45, 7) is 3.57. The molecule has 1 aromatic heterocycles. The third-order valence-electron chi connectivity index (χ3n) is 5.07. The quantitative estimate of drug-likeness (QED) is 0.827. The van der Waals surface area contributed by atoms with Crippen molar-refractivity contribution in [3.63, 3.8) is 0 Å². The van der Waals surface area contributed by atoms with Crippen LogP contribution in [0.4, 0.5) is 10.8 Å². The lowest BCUT2D eigenvalue weighted by Gasteiger charge is -2.26. The highest BCUT2D eigenvalue weighted by atomic mass is 32.1. The topological polar surface area (TPSA) is 91.4 Å². The van der Waals surface area contributed by atoms with Gasteiger partial charge in [0.2, 0.25) is 11.8 Å². The summed E-state index contributed by atoms with van der Waals surface area (Å²) in [7, 11) is 0. The summed E-state index contributed by atoms with van der Waals surface area (Å²) in [6, 6.07) is 6.17. The summed E-state index contributed by atoms with van der Waals surface area (Å²) in [4.78, 5) is 45.5. The minimum Gasteiger partial charge on any atom is -0.340 e. The van der Waals surface area contributed by atoms with Crippen molar-refractivity contribution in [2.75, 3.05) is 16.8 Å². The molecule has 146 valence electrons. The summed E-state index contributed by atoms with van der Waals surface area (Å²) >= 11 is 1.50. The van der Waals surface area contributed by atoms with E-state index in [2.05, 4.69) is 15.6 Å². The molecule has 1 atom stereocenters. The van der Waals surface area contributed by atoms with Crippen LogP contribution in [-0.2, 0) is 22.4 Å². The van der Waals surface area contributed by atoms with E-state index in [-0.39, 0.29) is 30.2 Å². The van der Waals surface area contributed by atoms with Crippen molar-refractivity contribution in [2.24, 2.45) is 5.92 Å². The average molecular weight is 398 g/mol. The molecule has 4 rings (SSSR count). The molecule has 1 aromatic carbocycles. The van der Waals surface area contributed by atoms with Crippen LogP contribution in [0.1, 0.15) is 41.2 Å². The molecule has 0 spiro atoms. The highest BCUT2D eigenvalue weighted by molar-refractivity contribution is 7.15. The first kappa shape index (κ1) is 18.6. The first-order chi connectivity index (χ1) is 13.4. The first-order valence-corrected chi connectivity index (χ1v) is 10.3. The number of fused-ring (bicyclic) bond motifs is 2. The van der Waals surface area contributed by atoms with E-state index in [4.69, 9.17) is 0 Å². The molecule has 0 bridgehead atoms. The molecule has 1 aliphatic carbocycles. The summed E-state index contributed by atoms with van der Waals surface area (Å²) in [5.74, 6) is -1.02. The Bertz CT molecular complexity index is 931. The van der Waals surface area contributed by atoms with Gasteiger partial charge < -0.3 is 15.5 Å². The van der Waals surface area contributed by atoms with Crippen LogP contribution in [0.3, 0.4) is 0 Å². The van der Waals surface area contributed by atoms with Crippen LogP contribution in [0.5, 0.6) is 0 Å². The number of thiazole rings is 1. The van der Waals surface area contributed by atoms with E-state index >= 15 is 0 Å². The molecule has 0 unspecified atom stereocenters. The highest BCUT2D eigenvalue weighted by Crippen LogP contribution is 2.31. The third kappa shape index (κ3) is 3.40. The molecule has 0 fully saturated rings. The Labute approximate surface area is 167 Å². The van der Waals surface area contributed by atoms with Gasteiger partial charge in [0.1, 0.15) is 12.6 Å². The lowest BCUT2D eigenvalue weighted by molar-refractivity contribution is -0.123. The molecule has 2 heterocycles. The van der Waals surface area contributed by atoms with Crippen molar-refractivity contribution >= 4 is 39.9 Å². The Morgan fingerprint density at radius 2 is 2.11 bits per heavy atom. The molecule has 3 amide bonds. The molecule has 2 aromatic rings. The molecular weight excluding hydrogens is 376 g/mol. The zero-order chi connectivity index (χ0) is 19.8. The fraction of sp³-hybridized carbons (Fsp3) is 0.400. The molecule has 2 aliphatic rings. The molecule has 0 saturated heterocycles. The second-order valence-electron chi connectivity index (χ2n) is 7.43. The second kappa shape index (κ2) is 7.35. The largest absolute Gasteiger partial charge is 0.340 e. The summed E-state index contributed by atoms with van der Waals surface area (Å²) in [5.41, 5.74) is 1.90. The van der Waals surface area contributed by atoms with Crippen molar-refractivity contribution in [2.45, 2.75) is 39.2 Å². The number of aryl methyl sites for hydroxylation is 2. The van der Waals surface area contributed by atoms with Crippen molar-refractivity contribution in [3.05, 3.63) is 40.4 Å². The van der Waals surface area contributed by atoms with Gasteiger partial charge in [-0.25, -0.2) is 4.98 Å². The number of para-hydroxylation sites is 1. The van der Waals surface area contributed by atoms with Gasteiger partial charge in [0, 0.05) is 4.88 Å². The Balaban J connectivity index is 1.59. The van der Waals surface area contributed by atoms with Crippen molar-refractivity contribution in [3.8, 4) is 0 Å². The predicted octanol–water partition coefficient (Wildman–Crippen LogP) is 2.37. The van der Waals surface area contributed by atoms with Crippen LogP contribution in [-0.4, -0.2) is 35.3 Å². The third-order valence-corrected chi connectivity index (χ3v) is 6.14. The van der Waals surface area contributed by atoms with E-state index in [1.165, 1.54) is 21.1 Å². The highest BCUT2D eigenvalue weighted by Gasteiger charge is 2.36. The number of nitrogens with zero attached hydrogens (tertiary/aromatic N) is 2. The van der Waals surface area contributed by atoms with Gasteiger partial charge in [-0.1, -0.05) is 26.0 Å². The van der Waals surface area contributed by atoms with Crippen molar-refractivity contribution < 1.29 is 14.4 Å². The Morgan fingerprint density at radius 1 is 1.32 bits per heavy atom. The summed E-state index contributed by atoms with van der Waals surface area (Å²) in [5, 5.41) is 6.18. The Morgan fingerprint density at radius 3 is 2.86 bits per heavy atom. The number of hydrogen-bond acceptors (Lipinski definition) is 5. The van der Waals surface area contributed by atoms with Crippen LogP contribution >= 0.6 is 11.3 Å². The zero-order valence-corrected chi connectivity index (χ0v) is 16.6. The number of anilines is 2. The van der Waals surface area contributed by atoms with Gasteiger partial charge in [-0.15, -0.1) is 11.3 Å². The summed E-state index contributed by atoms with van der Waals surface area (Å²) < 4.78 is 0. The van der Waals surface area contributed by atoms with Gasteiger partial charge in [-0.2, -0.15) is 0 Å². The van der Waals surface area contributed by atoms with Gasteiger partial charge in [0.15, 0.2) is 5.13 Å². The zero-order valence-electron chi connectivity index (χ0n) is 15.8. The lowest BCUT2D eigenvalue weighted by Crippen LogP contribution is -2.50. The molecular formula is C20H22N4O3S. The van der Waals surface area contributed by atoms with Crippen LogP contribution in [0.25, 0.3) is 0 Å². The second-order valence-corrected chi connectivity index (χ2v) is 8.51. The van der Waals surface area contributed by atoms with Crippen LogP contribution in [0, 0.1) is 5.92 Å². The van der Waals surface area contributed by atoms with E-state index in [0.29, 0.717) is 16.4 Å². The average Bonchev–Trinajstić information content (AvgIpc) is 3.22. The molecule has 28 heavy (non-hydrogen) atoms. The molecule has 2 N–H and O–H groups in total. The molecule has 0 saturated carbocycles. The maximum absolute atomic E-state index is 13.1. The molecule has 1 aliphatic heterocycles. The van der Waals surface area contributed by atoms with Crippen molar-refractivity contribution in [1.82, 2.24) is 10.3 Å². The molecule has 7 nitrogen and oxygen atoms in total. The SMILES string of the molecule is CC(C)[C@H]1NC(=O)c2ccccc2N(CC(=O)Nc2nc3c(s2)CCC3)C1=O. The van der Waals surface area contributed by atoms with Gasteiger partial charge >= 0.3 is 0 Å². The number of benzene rings is 1. The smallest absolute Gasteiger partial charge is 0.254 e. The maximum atomic E-state index is 13.1. The van der Waals surface area contributed by atoms with E-state index < -0.39 is 6.04 Å². The minimum atomic E-state index is -0.684. The monoisotopic (exact) mass is 398 g/mol. The number of nitrogens with one attached hydrogen (secondary N) is 2. The molecule has 0 radical (unpaired) electrons. The lowest BCUT2D eigenvalue weighted by atomic mass is 10.0. The number of amides is 3. The Kier molecular flexibility index (Phi) is 4.89. The van der Waals surface area contributed by atoms with Gasteiger partial charge in [0.25, 0.3) is 5.91 Å². The normalized spacial score (nSPS) is 18.5. The molecule has 8 heteroatoms. The van der Waals surface area contributed by atoms with Gasteiger partial charge in [-0.05, 0) is 37.3 Å². The van der Waals surface area contributed by atoms with Crippen LogP contribution < -0.4 is 15.5 Å². The fourth-order valence-corrected chi connectivity index (χ4v) is 4.70. The van der Waals surface area contributed by atoms with E-state index in [9.17, 15) is 14.4 Å². The predicted molar refractivity (Wildman–Crippen MR) is 108 cm³/mol. The summed E-state index contributed by atoms with van der Waals surface area (Å²) in [6.07, 6.45) is 3.06. The maximum Gasteiger partial charge on any atom is 0.254 e. The standard InChI is InChI=1S/C20H22N4O3S/c1-11(2)17-19(27)24(14-8-4-3-6-12(14)18(26)23-17)10-16(25)22-20-21-13-7-5-9-15(13)28-20/h3-4,6,8,11,17H,5,7,9-10H2,1-2H3,(H,23,26)(H,21,22,25)/t17-/m1/s1. The van der Waals surface area contributed by atoms with Gasteiger partial charge in [0.05, 0.1) is 16.9 Å². The first-order valence-electron chi connectivity index (χ1n) is 9.43. The number of carbonyl (C=O) groups is 3. The van der Waals surface area contributed by atoms with Gasteiger partial charge in [-0.3, -0.25) is 14.4 Å². The fourth-order valence-electron chi connectivity index (χ4n) is 3.63. The number of hydrogen-bond donors (Lipinski definition) is 2. The van der Waals surface area contributed by atoms with E-state index in [1.807, 2.05) is 13.8 Å². The minimum absolute atomic E-state index is 0.0988. The van der Waals surface area contributed by atoms with E-state index in [0.717, 1.165) is 25.0 Å². The number of carbonyl (C=O) groups excluding carboxylic acids is 3.